The van der Waals surface area contributed by atoms with E-state index >= 15 is 0 Å². The average Bonchev–Trinajstić information content (AvgIpc) is 2.56. The summed E-state index contributed by atoms with van der Waals surface area (Å²) in [5.41, 5.74) is 2.50. The lowest BCUT2D eigenvalue weighted by Crippen LogP contribution is -2.11. The Morgan fingerprint density at radius 3 is 2.32 bits per heavy atom. The number of hydrogen-bond acceptors (Lipinski definition) is 2. The first-order valence-corrected chi connectivity index (χ1v) is 9.35. The van der Waals surface area contributed by atoms with Crippen LogP contribution >= 0.6 is 15.9 Å². The topological polar surface area (TPSA) is 26.3 Å². The summed E-state index contributed by atoms with van der Waals surface area (Å²) in [7, 11) is 0. The first-order chi connectivity index (χ1) is 11.8. The second kappa shape index (κ2) is 8.13. The summed E-state index contributed by atoms with van der Waals surface area (Å²) in [5.74, 6) is 0.126. The molecule has 0 saturated carbocycles. The summed E-state index contributed by atoms with van der Waals surface area (Å²) in [6, 6.07) is 8.33. The highest BCUT2D eigenvalue weighted by Crippen LogP contribution is 2.36. The summed E-state index contributed by atoms with van der Waals surface area (Å²) < 4.78 is 20.7. The van der Waals surface area contributed by atoms with Gasteiger partial charge in [0, 0.05) is 4.47 Å². The van der Waals surface area contributed by atoms with Crippen LogP contribution in [-0.4, -0.2) is 12.4 Å². The molecule has 0 spiro atoms. The van der Waals surface area contributed by atoms with Crippen molar-refractivity contribution in [2.45, 2.75) is 46.5 Å². The Labute approximate surface area is 157 Å². The van der Waals surface area contributed by atoms with Crippen molar-refractivity contribution in [3.05, 3.63) is 62.9 Å². The molecule has 0 bridgehead atoms. The molecule has 0 aliphatic heterocycles. The highest BCUT2D eigenvalue weighted by atomic mass is 79.9. The SMILES string of the molecule is CCOc1c(C(=O)c2cc(Br)ccc2F)cc(C(C)C)cc1C(C)C. The second-order valence-electron chi connectivity index (χ2n) is 6.68. The van der Waals surface area contributed by atoms with Gasteiger partial charge in [0.25, 0.3) is 0 Å². The van der Waals surface area contributed by atoms with E-state index in [1.807, 2.05) is 13.0 Å². The van der Waals surface area contributed by atoms with Crippen LogP contribution in [0.15, 0.2) is 34.8 Å². The molecule has 2 aromatic carbocycles. The van der Waals surface area contributed by atoms with Crippen molar-refractivity contribution < 1.29 is 13.9 Å². The van der Waals surface area contributed by atoms with E-state index in [4.69, 9.17) is 4.74 Å². The van der Waals surface area contributed by atoms with Crippen LogP contribution in [0.2, 0.25) is 0 Å². The molecule has 2 nitrogen and oxygen atoms in total. The molecule has 25 heavy (non-hydrogen) atoms. The van der Waals surface area contributed by atoms with Crippen LogP contribution in [0.5, 0.6) is 5.75 Å². The van der Waals surface area contributed by atoms with Gasteiger partial charge in [-0.1, -0.05) is 49.7 Å². The molecule has 0 fully saturated rings. The average molecular weight is 407 g/mol. The fraction of sp³-hybridized carbons (Fsp3) is 0.381. The standard InChI is InChI=1S/C21H24BrFO2/c1-6-25-21-16(13(4)5)9-14(12(2)3)10-18(21)20(24)17-11-15(22)7-8-19(17)23/h7-13H,6H2,1-5H3. The van der Waals surface area contributed by atoms with E-state index in [1.54, 1.807) is 6.07 Å². The van der Waals surface area contributed by atoms with Crippen molar-refractivity contribution in [2.24, 2.45) is 0 Å². The largest absolute Gasteiger partial charge is 0.493 e. The Balaban J connectivity index is 2.72. The lowest BCUT2D eigenvalue weighted by Gasteiger charge is -2.20. The third kappa shape index (κ3) is 4.30. The first kappa shape index (κ1) is 19.6. The van der Waals surface area contributed by atoms with Crippen LogP contribution in [0.1, 0.15) is 73.5 Å². The minimum atomic E-state index is -0.531. The molecule has 0 radical (unpaired) electrons. The Hall–Kier alpha value is -1.68. The Kier molecular flexibility index (Phi) is 6.39. The van der Waals surface area contributed by atoms with Gasteiger partial charge < -0.3 is 4.74 Å². The summed E-state index contributed by atoms with van der Waals surface area (Å²) in [5, 5.41) is 0. The van der Waals surface area contributed by atoms with Crippen LogP contribution in [0, 0.1) is 5.82 Å². The molecule has 0 amide bonds. The minimum absolute atomic E-state index is 0.0472. The molecule has 0 unspecified atom stereocenters. The fourth-order valence-corrected chi connectivity index (χ4v) is 3.09. The predicted molar refractivity (Wildman–Crippen MR) is 103 cm³/mol. The summed E-state index contributed by atoms with van der Waals surface area (Å²) in [4.78, 5) is 13.1. The quantitative estimate of drug-likeness (QED) is 0.514. The molecule has 2 aromatic rings. The van der Waals surface area contributed by atoms with Gasteiger partial charge >= 0.3 is 0 Å². The van der Waals surface area contributed by atoms with Crippen molar-refractivity contribution in [1.82, 2.24) is 0 Å². The molecule has 0 aliphatic rings. The van der Waals surface area contributed by atoms with Gasteiger partial charge in [0.15, 0.2) is 5.78 Å². The number of halogens is 2. The molecular formula is C21H24BrFO2. The summed E-state index contributed by atoms with van der Waals surface area (Å²) >= 11 is 3.31. The maximum Gasteiger partial charge on any atom is 0.199 e. The van der Waals surface area contributed by atoms with E-state index in [9.17, 15) is 9.18 Å². The highest BCUT2D eigenvalue weighted by molar-refractivity contribution is 9.10. The normalized spacial score (nSPS) is 11.2. The van der Waals surface area contributed by atoms with E-state index in [0.29, 0.717) is 22.4 Å². The second-order valence-corrected chi connectivity index (χ2v) is 7.60. The number of benzene rings is 2. The summed E-state index contributed by atoms with van der Waals surface area (Å²) in [6.07, 6.45) is 0. The van der Waals surface area contributed by atoms with Gasteiger partial charge in [-0.2, -0.15) is 0 Å². The maximum absolute atomic E-state index is 14.3. The first-order valence-electron chi connectivity index (χ1n) is 8.56. The number of ketones is 1. The van der Waals surface area contributed by atoms with Crippen LogP contribution in [0.3, 0.4) is 0 Å². The molecular weight excluding hydrogens is 383 g/mol. The zero-order chi connectivity index (χ0) is 18.7. The number of carbonyl (C=O) groups excluding carboxylic acids is 1. The molecule has 0 aromatic heterocycles. The van der Waals surface area contributed by atoms with Crippen molar-refractivity contribution in [3.8, 4) is 5.75 Å². The van der Waals surface area contributed by atoms with Crippen molar-refractivity contribution >= 4 is 21.7 Å². The fourth-order valence-electron chi connectivity index (χ4n) is 2.73. The van der Waals surface area contributed by atoms with E-state index in [2.05, 4.69) is 49.7 Å². The van der Waals surface area contributed by atoms with Gasteiger partial charge in [-0.25, -0.2) is 4.39 Å². The van der Waals surface area contributed by atoms with Gasteiger partial charge in [-0.15, -0.1) is 0 Å². The number of carbonyl (C=O) groups is 1. The smallest absolute Gasteiger partial charge is 0.199 e. The van der Waals surface area contributed by atoms with Gasteiger partial charge in [-0.3, -0.25) is 4.79 Å². The van der Waals surface area contributed by atoms with E-state index in [-0.39, 0.29) is 23.2 Å². The molecule has 134 valence electrons. The van der Waals surface area contributed by atoms with Gasteiger partial charge in [0.05, 0.1) is 17.7 Å². The Morgan fingerprint density at radius 2 is 1.76 bits per heavy atom. The number of ether oxygens (including phenoxy) is 1. The maximum atomic E-state index is 14.3. The van der Waals surface area contributed by atoms with Crippen molar-refractivity contribution in [1.29, 1.82) is 0 Å². The molecule has 0 aliphatic carbocycles. The molecule has 4 heteroatoms. The van der Waals surface area contributed by atoms with Crippen molar-refractivity contribution in [2.75, 3.05) is 6.61 Å². The molecule has 0 heterocycles. The van der Waals surface area contributed by atoms with E-state index in [0.717, 1.165) is 11.1 Å². The van der Waals surface area contributed by atoms with E-state index in [1.165, 1.54) is 12.1 Å². The van der Waals surface area contributed by atoms with E-state index < -0.39 is 5.82 Å². The number of rotatable bonds is 6. The third-order valence-corrected chi connectivity index (χ3v) is 4.63. The van der Waals surface area contributed by atoms with Crippen molar-refractivity contribution in [3.63, 3.8) is 0 Å². The Morgan fingerprint density at radius 1 is 1.08 bits per heavy atom. The lowest BCUT2D eigenvalue weighted by atomic mass is 9.89. The molecule has 0 saturated heterocycles. The number of hydrogen-bond donors (Lipinski definition) is 0. The minimum Gasteiger partial charge on any atom is -0.493 e. The predicted octanol–water partition coefficient (Wildman–Crippen LogP) is 6.46. The molecule has 0 N–H and O–H groups in total. The zero-order valence-electron chi connectivity index (χ0n) is 15.3. The van der Waals surface area contributed by atoms with Gasteiger partial charge in [0.2, 0.25) is 0 Å². The van der Waals surface area contributed by atoms with Crippen LogP contribution in [-0.2, 0) is 0 Å². The van der Waals surface area contributed by atoms with Gasteiger partial charge in [0.1, 0.15) is 11.6 Å². The molecule has 2 rings (SSSR count). The monoisotopic (exact) mass is 406 g/mol. The van der Waals surface area contributed by atoms with Crippen LogP contribution in [0.4, 0.5) is 4.39 Å². The molecule has 0 atom stereocenters. The third-order valence-electron chi connectivity index (χ3n) is 4.13. The highest BCUT2D eigenvalue weighted by Gasteiger charge is 2.23. The van der Waals surface area contributed by atoms with Gasteiger partial charge in [-0.05, 0) is 54.2 Å². The summed E-state index contributed by atoms with van der Waals surface area (Å²) in [6.45, 7) is 10.6. The zero-order valence-corrected chi connectivity index (χ0v) is 16.9. The van der Waals surface area contributed by atoms with Crippen LogP contribution in [0.25, 0.3) is 0 Å². The lowest BCUT2D eigenvalue weighted by molar-refractivity contribution is 0.103. The van der Waals surface area contributed by atoms with Crippen LogP contribution < -0.4 is 4.74 Å². The Bertz CT molecular complexity index is 782.